The van der Waals surface area contributed by atoms with Gasteiger partial charge in [-0.05, 0) is 74.2 Å². The smallest absolute Gasteiger partial charge is 0.253 e. The van der Waals surface area contributed by atoms with E-state index in [1.54, 1.807) is 23.1 Å². The van der Waals surface area contributed by atoms with Gasteiger partial charge in [0.15, 0.2) is 0 Å². The number of aryl methyl sites for hydroxylation is 2. The second-order valence-corrected chi connectivity index (χ2v) is 11.9. The first-order chi connectivity index (χ1) is 15.2. The van der Waals surface area contributed by atoms with Crippen molar-refractivity contribution in [2.45, 2.75) is 35.5 Å². The molecule has 0 bridgehead atoms. The highest BCUT2D eigenvalue weighted by Crippen LogP contribution is 2.26. The first kappa shape index (κ1) is 22.9. The van der Waals surface area contributed by atoms with Crippen LogP contribution in [-0.4, -0.2) is 65.2 Å². The summed E-state index contributed by atoms with van der Waals surface area (Å²) in [5, 5.41) is 0. The van der Waals surface area contributed by atoms with Crippen LogP contribution in [0, 0.1) is 0 Å². The summed E-state index contributed by atoms with van der Waals surface area (Å²) < 4.78 is 54.0. The minimum Gasteiger partial charge on any atom is -0.336 e. The molecule has 0 aromatic heterocycles. The van der Waals surface area contributed by atoms with Gasteiger partial charge >= 0.3 is 0 Å². The Morgan fingerprint density at radius 3 is 2.22 bits per heavy atom. The molecule has 0 spiro atoms. The average Bonchev–Trinajstić information content (AvgIpc) is 2.83. The average molecular weight is 478 g/mol. The highest BCUT2D eigenvalue weighted by atomic mass is 32.2. The summed E-state index contributed by atoms with van der Waals surface area (Å²) in [6.45, 7) is 0.872. The molecule has 4 rings (SSSR count). The standard InChI is InChI=1S/C22H27N3O5S2/c1-23-31(27,28)20-8-4-7-19(16-20)22(26)24-11-13-25(14-12-24)32(29,30)21-10-9-17-5-2-3-6-18(17)15-21/h4,7-10,15-16,23H,2-3,5-6,11-14H2,1H3. The molecule has 1 aliphatic heterocycles. The summed E-state index contributed by atoms with van der Waals surface area (Å²) in [6.07, 6.45) is 4.11. The number of rotatable bonds is 5. The van der Waals surface area contributed by atoms with Gasteiger partial charge in [0.1, 0.15) is 0 Å². The maximum atomic E-state index is 13.2. The fraction of sp³-hybridized carbons (Fsp3) is 0.409. The van der Waals surface area contributed by atoms with Gasteiger partial charge in [0.05, 0.1) is 9.79 Å². The molecule has 32 heavy (non-hydrogen) atoms. The molecule has 2 aliphatic rings. The highest BCUT2D eigenvalue weighted by molar-refractivity contribution is 7.89. The van der Waals surface area contributed by atoms with Crippen molar-refractivity contribution < 1.29 is 21.6 Å². The predicted molar refractivity (Wildman–Crippen MR) is 120 cm³/mol. The van der Waals surface area contributed by atoms with Crippen molar-refractivity contribution in [3.05, 3.63) is 59.2 Å². The van der Waals surface area contributed by atoms with E-state index in [0.29, 0.717) is 4.90 Å². The Hall–Kier alpha value is -2.27. The minimum atomic E-state index is -3.66. The lowest BCUT2D eigenvalue weighted by molar-refractivity contribution is 0.0697. The van der Waals surface area contributed by atoms with Crippen molar-refractivity contribution in [3.63, 3.8) is 0 Å². The number of fused-ring (bicyclic) bond motifs is 1. The Balaban J connectivity index is 1.46. The fourth-order valence-electron chi connectivity index (χ4n) is 4.25. The van der Waals surface area contributed by atoms with Gasteiger partial charge in [-0.1, -0.05) is 12.1 Å². The van der Waals surface area contributed by atoms with Crippen molar-refractivity contribution >= 4 is 26.0 Å². The molecule has 0 unspecified atom stereocenters. The number of nitrogens with one attached hydrogen (secondary N) is 1. The molecule has 1 aliphatic carbocycles. The summed E-state index contributed by atoms with van der Waals surface area (Å²) in [6, 6.07) is 11.3. The molecule has 1 heterocycles. The maximum Gasteiger partial charge on any atom is 0.253 e. The van der Waals surface area contributed by atoms with Crippen LogP contribution < -0.4 is 4.72 Å². The van der Waals surface area contributed by atoms with Gasteiger partial charge in [0.2, 0.25) is 20.0 Å². The molecular weight excluding hydrogens is 450 g/mol. The van der Waals surface area contributed by atoms with Crippen LogP contribution in [-0.2, 0) is 32.9 Å². The van der Waals surface area contributed by atoms with Gasteiger partial charge in [-0.2, -0.15) is 4.31 Å². The number of nitrogens with zero attached hydrogens (tertiary/aromatic N) is 2. The van der Waals surface area contributed by atoms with Crippen LogP contribution in [0.15, 0.2) is 52.3 Å². The molecule has 1 saturated heterocycles. The molecule has 0 saturated carbocycles. The monoisotopic (exact) mass is 477 g/mol. The van der Waals surface area contributed by atoms with Crippen LogP contribution in [0.25, 0.3) is 0 Å². The predicted octanol–water partition coefficient (Wildman–Crippen LogP) is 1.62. The molecule has 1 fully saturated rings. The van der Waals surface area contributed by atoms with Crippen molar-refractivity contribution in [3.8, 4) is 0 Å². The Kier molecular flexibility index (Phi) is 6.39. The maximum absolute atomic E-state index is 13.2. The van der Waals surface area contributed by atoms with Crippen LogP contribution in [0.2, 0.25) is 0 Å². The van der Waals surface area contributed by atoms with E-state index in [2.05, 4.69) is 4.72 Å². The van der Waals surface area contributed by atoms with E-state index >= 15 is 0 Å². The third-order valence-electron chi connectivity index (χ3n) is 6.14. The fourth-order valence-corrected chi connectivity index (χ4v) is 6.50. The lowest BCUT2D eigenvalue weighted by atomic mass is 9.92. The minimum absolute atomic E-state index is 0.0134. The third-order valence-corrected chi connectivity index (χ3v) is 9.45. The first-order valence-corrected chi connectivity index (χ1v) is 13.6. The van der Waals surface area contributed by atoms with E-state index in [1.807, 2.05) is 6.07 Å². The van der Waals surface area contributed by atoms with Gasteiger partial charge in [0, 0.05) is 31.7 Å². The number of hydrogen-bond acceptors (Lipinski definition) is 5. The number of carbonyl (C=O) groups excluding carboxylic acids is 1. The van der Waals surface area contributed by atoms with Crippen LogP contribution >= 0.6 is 0 Å². The summed E-state index contributed by atoms with van der Waals surface area (Å²) in [5.74, 6) is -0.316. The molecule has 8 nitrogen and oxygen atoms in total. The van der Waals surface area contributed by atoms with Gasteiger partial charge in [-0.25, -0.2) is 21.6 Å². The molecular formula is C22H27N3O5S2. The van der Waals surface area contributed by atoms with E-state index in [1.165, 1.54) is 35.1 Å². The molecule has 2 aromatic rings. The molecule has 1 N–H and O–H groups in total. The van der Waals surface area contributed by atoms with Crippen LogP contribution in [0.1, 0.15) is 34.3 Å². The lowest BCUT2D eigenvalue weighted by Crippen LogP contribution is -2.50. The largest absolute Gasteiger partial charge is 0.336 e. The third kappa shape index (κ3) is 4.45. The zero-order valence-corrected chi connectivity index (χ0v) is 19.6. The molecule has 0 atom stereocenters. The number of hydrogen-bond donors (Lipinski definition) is 1. The number of benzene rings is 2. The second kappa shape index (κ2) is 8.93. The first-order valence-electron chi connectivity index (χ1n) is 10.7. The highest BCUT2D eigenvalue weighted by Gasteiger charge is 2.31. The SMILES string of the molecule is CNS(=O)(=O)c1cccc(C(=O)N2CCN(S(=O)(=O)c3ccc4c(c3)CCCC4)CC2)c1. The topological polar surface area (TPSA) is 104 Å². The van der Waals surface area contributed by atoms with E-state index in [-0.39, 0.29) is 42.5 Å². The van der Waals surface area contributed by atoms with Crippen LogP contribution in [0.4, 0.5) is 0 Å². The zero-order chi connectivity index (χ0) is 22.9. The van der Waals surface area contributed by atoms with E-state index in [0.717, 1.165) is 31.2 Å². The summed E-state index contributed by atoms with van der Waals surface area (Å²) in [5.41, 5.74) is 2.60. The van der Waals surface area contributed by atoms with E-state index < -0.39 is 20.0 Å². The van der Waals surface area contributed by atoms with Crippen LogP contribution in [0.5, 0.6) is 0 Å². The Bertz CT molecular complexity index is 1230. The number of sulfonamides is 2. The van der Waals surface area contributed by atoms with Gasteiger partial charge in [-0.3, -0.25) is 4.79 Å². The molecule has 10 heteroatoms. The van der Waals surface area contributed by atoms with Crippen molar-refractivity contribution in [1.29, 1.82) is 0 Å². The molecule has 0 radical (unpaired) electrons. The second-order valence-electron chi connectivity index (χ2n) is 8.07. The van der Waals surface area contributed by atoms with Gasteiger partial charge in [0.25, 0.3) is 5.91 Å². The number of amides is 1. The summed E-state index contributed by atoms with van der Waals surface area (Å²) in [7, 11) is -5.98. The van der Waals surface area contributed by atoms with Crippen LogP contribution in [0.3, 0.4) is 0 Å². The number of piperazine rings is 1. The normalized spacial score (nSPS) is 17.7. The molecule has 2 aromatic carbocycles. The Morgan fingerprint density at radius 1 is 0.844 bits per heavy atom. The summed E-state index contributed by atoms with van der Waals surface area (Å²) in [4.78, 5) is 14.8. The van der Waals surface area contributed by atoms with Crippen molar-refractivity contribution in [2.75, 3.05) is 33.2 Å². The Labute approximate surface area is 189 Å². The Morgan fingerprint density at radius 2 is 1.53 bits per heavy atom. The quantitative estimate of drug-likeness (QED) is 0.705. The van der Waals surface area contributed by atoms with Gasteiger partial charge in [-0.15, -0.1) is 0 Å². The van der Waals surface area contributed by atoms with Gasteiger partial charge < -0.3 is 4.90 Å². The molecule has 1 amide bonds. The van der Waals surface area contributed by atoms with E-state index in [9.17, 15) is 21.6 Å². The number of carbonyl (C=O) groups is 1. The lowest BCUT2D eigenvalue weighted by Gasteiger charge is -2.34. The zero-order valence-electron chi connectivity index (χ0n) is 18.0. The molecule has 172 valence electrons. The van der Waals surface area contributed by atoms with Crippen molar-refractivity contribution in [1.82, 2.24) is 13.9 Å². The van der Waals surface area contributed by atoms with Crippen molar-refractivity contribution in [2.24, 2.45) is 0 Å². The van der Waals surface area contributed by atoms with E-state index in [4.69, 9.17) is 0 Å². The summed E-state index contributed by atoms with van der Waals surface area (Å²) >= 11 is 0.